The molecule has 0 spiro atoms. The molecule has 0 fully saturated rings. The molecule has 6 heteroatoms. The van der Waals surface area contributed by atoms with Gasteiger partial charge >= 0.3 is 11.9 Å². The molecule has 4 N–H and O–H groups in total. The van der Waals surface area contributed by atoms with Gasteiger partial charge in [0.05, 0.1) is 22.3 Å². The van der Waals surface area contributed by atoms with E-state index in [1.807, 2.05) is 20.8 Å². The van der Waals surface area contributed by atoms with Crippen LogP contribution in [0.15, 0.2) is 60.7 Å². The van der Waals surface area contributed by atoms with Crippen LogP contribution in [0.25, 0.3) is 0 Å². The molecule has 2 rings (SSSR count). The zero-order valence-corrected chi connectivity index (χ0v) is 18.4. The number of carboxylic acids is 2. The minimum absolute atomic E-state index is 0.331. The van der Waals surface area contributed by atoms with Gasteiger partial charge < -0.3 is 20.4 Å². The minimum atomic E-state index is -1.01. The van der Waals surface area contributed by atoms with E-state index in [-0.39, 0.29) is 0 Å². The van der Waals surface area contributed by atoms with E-state index < -0.39 is 23.1 Å². The molecule has 0 aromatic heterocycles. The Labute approximate surface area is 178 Å². The first kappa shape index (κ1) is 27.3. The van der Waals surface area contributed by atoms with Crippen LogP contribution in [0.3, 0.4) is 0 Å². The number of aliphatic hydroxyl groups is 2. The Morgan fingerprint density at radius 1 is 0.800 bits per heavy atom. The zero-order chi connectivity index (χ0) is 23.4. The van der Waals surface area contributed by atoms with Gasteiger partial charge in [-0.25, -0.2) is 9.59 Å². The summed E-state index contributed by atoms with van der Waals surface area (Å²) in [6.45, 7) is 9.33. The van der Waals surface area contributed by atoms with Gasteiger partial charge in [0.1, 0.15) is 0 Å². The van der Waals surface area contributed by atoms with Crippen LogP contribution in [0, 0.1) is 5.92 Å². The second-order valence-electron chi connectivity index (χ2n) is 7.88. The maximum absolute atomic E-state index is 10.2. The van der Waals surface area contributed by atoms with Crippen molar-refractivity contribution in [1.82, 2.24) is 0 Å². The molecule has 1 atom stereocenters. The summed E-state index contributed by atoms with van der Waals surface area (Å²) < 4.78 is 0. The van der Waals surface area contributed by atoms with E-state index in [0.29, 0.717) is 29.9 Å². The first-order valence-corrected chi connectivity index (χ1v) is 9.85. The van der Waals surface area contributed by atoms with Crippen LogP contribution in [-0.4, -0.2) is 43.6 Å². The Morgan fingerprint density at radius 3 is 1.27 bits per heavy atom. The summed E-state index contributed by atoms with van der Waals surface area (Å²) >= 11 is 0. The number of benzene rings is 2. The highest BCUT2D eigenvalue weighted by atomic mass is 16.4. The first-order chi connectivity index (χ1) is 13.8. The van der Waals surface area contributed by atoms with Gasteiger partial charge in [-0.05, 0) is 56.9 Å². The number of hydrogen-bond acceptors (Lipinski definition) is 4. The summed E-state index contributed by atoms with van der Waals surface area (Å²) in [4.78, 5) is 20.4. The lowest BCUT2D eigenvalue weighted by Gasteiger charge is -2.39. The number of carbonyl (C=O) groups is 2. The standard InChI is InChI=1S/C10H22O2.2C7H6O2/c1-6-10(12,7-8(2)3)9(4,5)11;2*8-7(9)6-4-2-1-3-5-6/h8,11-12H,6-7H2,1-5H3;2*1-5H,(H,8,9). The van der Waals surface area contributed by atoms with Gasteiger partial charge in [0.15, 0.2) is 0 Å². The molecule has 30 heavy (non-hydrogen) atoms. The van der Waals surface area contributed by atoms with Crippen LogP contribution in [-0.2, 0) is 0 Å². The Hall–Kier alpha value is -2.70. The van der Waals surface area contributed by atoms with Crippen LogP contribution in [0.4, 0.5) is 0 Å². The fourth-order valence-electron chi connectivity index (χ4n) is 2.66. The van der Waals surface area contributed by atoms with Crippen molar-refractivity contribution in [3.05, 3.63) is 71.8 Å². The maximum Gasteiger partial charge on any atom is 0.335 e. The van der Waals surface area contributed by atoms with Gasteiger partial charge in [-0.3, -0.25) is 0 Å². The Kier molecular flexibility index (Phi) is 11.6. The molecule has 0 amide bonds. The summed E-state index contributed by atoms with van der Waals surface area (Å²) in [5.41, 5.74) is -1.29. The van der Waals surface area contributed by atoms with E-state index in [1.54, 1.807) is 74.5 Å². The molecule has 0 bridgehead atoms. The monoisotopic (exact) mass is 418 g/mol. The lowest BCUT2D eigenvalue weighted by molar-refractivity contribution is -0.142. The zero-order valence-electron chi connectivity index (χ0n) is 18.4. The van der Waals surface area contributed by atoms with Crippen LogP contribution in [0.1, 0.15) is 68.2 Å². The van der Waals surface area contributed by atoms with E-state index in [9.17, 15) is 19.8 Å². The van der Waals surface area contributed by atoms with Crippen molar-refractivity contribution in [2.75, 3.05) is 0 Å². The summed E-state index contributed by atoms with van der Waals surface area (Å²) in [5, 5.41) is 36.6. The largest absolute Gasteiger partial charge is 0.478 e. The van der Waals surface area contributed by atoms with E-state index in [2.05, 4.69) is 0 Å². The average molecular weight is 419 g/mol. The molecule has 0 radical (unpaired) electrons. The van der Waals surface area contributed by atoms with Gasteiger partial charge in [-0.2, -0.15) is 0 Å². The average Bonchev–Trinajstić information content (AvgIpc) is 2.69. The second-order valence-corrected chi connectivity index (χ2v) is 7.88. The highest BCUT2D eigenvalue weighted by Crippen LogP contribution is 2.31. The summed E-state index contributed by atoms with van der Waals surface area (Å²) in [7, 11) is 0. The Morgan fingerprint density at radius 2 is 1.13 bits per heavy atom. The fraction of sp³-hybridized carbons (Fsp3) is 0.417. The van der Waals surface area contributed by atoms with E-state index >= 15 is 0 Å². The van der Waals surface area contributed by atoms with E-state index in [1.165, 1.54) is 0 Å². The Balaban J connectivity index is 0.000000426. The molecular weight excluding hydrogens is 384 g/mol. The van der Waals surface area contributed by atoms with Crippen molar-refractivity contribution in [3.63, 3.8) is 0 Å². The quantitative estimate of drug-likeness (QED) is 0.540. The number of carboxylic acid groups (broad SMARTS) is 2. The Bertz CT molecular complexity index is 701. The molecule has 2 aromatic rings. The molecule has 2 aromatic carbocycles. The third-order valence-corrected chi connectivity index (χ3v) is 4.51. The predicted octanol–water partition coefficient (Wildman–Crippen LogP) is 4.71. The van der Waals surface area contributed by atoms with Crippen molar-refractivity contribution in [2.24, 2.45) is 5.92 Å². The molecule has 1 unspecified atom stereocenters. The summed E-state index contributed by atoms with van der Waals surface area (Å²) in [5.74, 6) is -1.35. The summed E-state index contributed by atoms with van der Waals surface area (Å²) in [6, 6.07) is 16.6. The number of hydrogen-bond donors (Lipinski definition) is 4. The van der Waals surface area contributed by atoms with Crippen molar-refractivity contribution in [2.45, 2.75) is 58.7 Å². The van der Waals surface area contributed by atoms with Crippen LogP contribution < -0.4 is 0 Å². The van der Waals surface area contributed by atoms with Crippen molar-refractivity contribution in [1.29, 1.82) is 0 Å². The fourth-order valence-corrected chi connectivity index (χ4v) is 2.66. The van der Waals surface area contributed by atoms with Gasteiger partial charge in [-0.15, -0.1) is 0 Å². The van der Waals surface area contributed by atoms with Gasteiger partial charge in [-0.1, -0.05) is 57.2 Å². The molecule has 0 aliphatic carbocycles. The molecule has 0 saturated heterocycles. The van der Waals surface area contributed by atoms with Crippen LogP contribution in [0.5, 0.6) is 0 Å². The molecule has 6 nitrogen and oxygen atoms in total. The topological polar surface area (TPSA) is 115 Å². The summed E-state index contributed by atoms with van der Waals surface area (Å²) in [6.07, 6.45) is 1.24. The number of rotatable bonds is 6. The highest BCUT2D eigenvalue weighted by Gasteiger charge is 2.40. The third-order valence-electron chi connectivity index (χ3n) is 4.51. The van der Waals surface area contributed by atoms with Gasteiger partial charge in [0.2, 0.25) is 0 Å². The van der Waals surface area contributed by atoms with Crippen molar-refractivity contribution >= 4 is 11.9 Å². The smallest absolute Gasteiger partial charge is 0.335 e. The highest BCUT2D eigenvalue weighted by molar-refractivity contribution is 5.87. The van der Waals surface area contributed by atoms with Crippen LogP contribution >= 0.6 is 0 Å². The van der Waals surface area contributed by atoms with Gasteiger partial charge in [0, 0.05) is 0 Å². The molecule has 0 aliphatic rings. The SMILES string of the molecule is CCC(O)(CC(C)C)C(C)(C)O.O=C(O)c1ccccc1.O=C(O)c1ccccc1. The minimum Gasteiger partial charge on any atom is -0.478 e. The molecule has 0 saturated carbocycles. The van der Waals surface area contributed by atoms with Crippen LogP contribution in [0.2, 0.25) is 0 Å². The normalized spacial score (nSPS) is 12.5. The lowest BCUT2D eigenvalue weighted by Crippen LogP contribution is -2.50. The second kappa shape index (κ2) is 12.8. The molecule has 0 heterocycles. The molecular formula is C24H34O6. The molecule has 0 aliphatic heterocycles. The number of aromatic carboxylic acids is 2. The maximum atomic E-state index is 10.2. The van der Waals surface area contributed by atoms with E-state index in [0.717, 1.165) is 0 Å². The van der Waals surface area contributed by atoms with Crippen molar-refractivity contribution in [3.8, 4) is 0 Å². The third kappa shape index (κ3) is 10.2. The van der Waals surface area contributed by atoms with Gasteiger partial charge in [0.25, 0.3) is 0 Å². The predicted molar refractivity (Wildman–Crippen MR) is 118 cm³/mol. The van der Waals surface area contributed by atoms with Crippen molar-refractivity contribution < 1.29 is 30.0 Å². The lowest BCUT2D eigenvalue weighted by atomic mass is 9.78. The first-order valence-electron chi connectivity index (χ1n) is 9.85. The van der Waals surface area contributed by atoms with E-state index in [4.69, 9.17) is 10.2 Å². The molecule has 166 valence electrons.